The Morgan fingerprint density at radius 1 is 0.971 bits per heavy atom. The Morgan fingerprint density at radius 3 is 2.35 bits per heavy atom. The number of allylic oxidation sites excluding steroid dienone is 1. The van der Waals surface area contributed by atoms with Crippen LogP contribution in [-0.4, -0.2) is 43.0 Å². The summed E-state index contributed by atoms with van der Waals surface area (Å²) >= 11 is 0. The standard InChI is InChI=1S/C30H35N2O2/c1-6-31(7-2)24-16-12-22(13-17-24)14-19-27-30(3,4)29-25-11-9-8-10-23(25)15-18-26(29)32(27)21-20-28(33)34-5/h8-19H,6-7,20-21H2,1-5H3/q+1. The molecule has 1 aliphatic heterocycles. The van der Waals surface area contributed by atoms with Gasteiger partial charge in [0.2, 0.25) is 5.69 Å². The molecule has 0 aliphatic carbocycles. The molecular formula is C30H35N2O2+. The topological polar surface area (TPSA) is 32.5 Å². The second-order valence-corrected chi connectivity index (χ2v) is 9.27. The van der Waals surface area contributed by atoms with E-state index in [-0.39, 0.29) is 11.4 Å². The van der Waals surface area contributed by atoms with Crippen LogP contribution >= 0.6 is 0 Å². The van der Waals surface area contributed by atoms with Gasteiger partial charge >= 0.3 is 5.97 Å². The first-order valence-electron chi connectivity index (χ1n) is 12.2. The van der Waals surface area contributed by atoms with E-state index in [1.54, 1.807) is 0 Å². The summed E-state index contributed by atoms with van der Waals surface area (Å²) in [6.45, 7) is 11.5. The largest absolute Gasteiger partial charge is 0.469 e. The Balaban J connectivity index is 1.75. The molecule has 0 bridgehead atoms. The molecule has 4 heteroatoms. The van der Waals surface area contributed by atoms with Gasteiger partial charge in [-0.3, -0.25) is 4.79 Å². The number of anilines is 1. The zero-order valence-corrected chi connectivity index (χ0v) is 21.0. The summed E-state index contributed by atoms with van der Waals surface area (Å²) in [4.78, 5) is 14.3. The van der Waals surface area contributed by atoms with Gasteiger partial charge in [0.1, 0.15) is 6.42 Å². The van der Waals surface area contributed by atoms with Gasteiger partial charge in [0.15, 0.2) is 12.3 Å². The molecular weight excluding hydrogens is 420 g/mol. The zero-order valence-electron chi connectivity index (χ0n) is 21.0. The van der Waals surface area contributed by atoms with E-state index in [0.29, 0.717) is 13.0 Å². The smallest absolute Gasteiger partial charge is 0.311 e. The first kappa shape index (κ1) is 23.7. The summed E-state index contributed by atoms with van der Waals surface area (Å²) in [5.74, 6) is -0.192. The van der Waals surface area contributed by atoms with Crippen molar-refractivity contribution in [2.45, 2.75) is 39.5 Å². The number of hydrogen-bond acceptors (Lipinski definition) is 3. The first-order chi connectivity index (χ1) is 16.4. The van der Waals surface area contributed by atoms with Gasteiger partial charge in [-0.15, -0.1) is 0 Å². The molecule has 0 spiro atoms. The van der Waals surface area contributed by atoms with Crippen LogP contribution in [0.25, 0.3) is 16.8 Å². The van der Waals surface area contributed by atoms with Crippen molar-refractivity contribution in [1.29, 1.82) is 0 Å². The molecule has 0 saturated heterocycles. The van der Waals surface area contributed by atoms with Crippen LogP contribution in [0.2, 0.25) is 0 Å². The van der Waals surface area contributed by atoms with Crippen LogP contribution in [-0.2, 0) is 14.9 Å². The third-order valence-electron chi connectivity index (χ3n) is 6.98. The molecule has 34 heavy (non-hydrogen) atoms. The molecule has 3 aromatic carbocycles. The van der Waals surface area contributed by atoms with Crippen LogP contribution in [0.3, 0.4) is 0 Å². The summed E-state index contributed by atoms with van der Waals surface area (Å²) in [6.07, 6.45) is 4.75. The zero-order chi connectivity index (χ0) is 24.3. The van der Waals surface area contributed by atoms with E-state index in [2.05, 4.69) is 110 Å². The van der Waals surface area contributed by atoms with Gasteiger partial charge in [0.05, 0.1) is 12.5 Å². The fraction of sp³-hybridized carbons (Fsp3) is 0.333. The van der Waals surface area contributed by atoms with Crippen LogP contribution in [0.15, 0.2) is 66.7 Å². The van der Waals surface area contributed by atoms with Crippen molar-refractivity contribution in [3.8, 4) is 0 Å². The van der Waals surface area contributed by atoms with Crippen LogP contribution in [0, 0.1) is 0 Å². The molecule has 0 amide bonds. The van der Waals surface area contributed by atoms with E-state index in [1.165, 1.54) is 40.5 Å². The molecule has 4 nitrogen and oxygen atoms in total. The molecule has 1 heterocycles. The molecule has 0 unspecified atom stereocenters. The van der Waals surface area contributed by atoms with Crippen molar-refractivity contribution in [2.24, 2.45) is 0 Å². The Hall–Kier alpha value is -3.40. The number of hydrogen-bond donors (Lipinski definition) is 0. The number of ether oxygens (including phenoxy) is 1. The highest BCUT2D eigenvalue weighted by atomic mass is 16.5. The number of methoxy groups -OCH3 is 1. The van der Waals surface area contributed by atoms with Gasteiger partial charge in [0.25, 0.3) is 0 Å². The van der Waals surface area contributed by atoms with Crippen molar-refractivity contribution in [1.82, 2.24) is 0 Å². The molecule has 0 aromatic heterocycles. The second-order valence-electron chi connectivity index (χ2n) is 9.27. The van der Waals surface area contributed by atoms with Crippen LogP contribution in [0.4, 0.5) is 11.4 Å². The molecule has 3 aromatic rings. The molecule has 0 radical (unpaired) electrons. The van der Waals surface area contributed by atoms with Gasteiger partial charge in [0, 0.05) is 36.5 Å². The Labute approximate surface area is 203 Å². The highest BCUT2D eigenvalue weighted by Gasteiger charge is 2.45. The summed E-state index contributed by atoms with van der Waals surface area (Å²) < 4.78 is 7.23. The maximum absolute atomic E-state index is 12.0. The third kappa shape index (κ3) is 4.37. The minimum absolute atomic E-state index is 0.192. The van der Waals surface area contributed by atoms with E-state index in [1.807, 2.05) is 0 Å². The summed E-state index contributed by atoms with van der Waals surface area (Å²) in [6, 6.07) is 21.6. The Bertz CT molecular complexity index is 1250. The SMILES string of the molecule is CCN(CC)c1ccc(C=CC2=[N+](CCC(=O)OC)c3ccc4ccccc4c3C2(C)C)cc1. The number of rotatable bonds is 8. The third-order valence-corrected chi connectivity index (χ3v) is 6.98. The monoisotopic (exact) mass is 455 g/mol. The molecule has 1 aliphatic rings. The fourth-order valence-electron chi connectivity index (χ4n) is 5.14. The average molecular weight is 456 g/mol. The number of nitrogens with zero attached hydrogens (tertiary/aromatic N) is 2. The summed E-state index contributed by atoms with van der Waals surface area (Å²) in [7, 11) is 1.45. The van der Waals surface area contributed by atoms with E-state index in [0.717, 1.165) is 18.7 Å². The van der Waals surface area contributed by atoms with Gasteiger partial charge in [-0.1, -0.05) is 36.4 Å². The average Bonchev–Trinajstić information content (AvgIpc) is 3.08. The number of fused-ring (bicyclic) bond motifs is 3. The van der Waals surface area contributed by atoms with Crippen molar-refractivity contribution in [3.05, 3.63) is 77.9 Å². The van der Waals surface area contributed by atoms with Crippen molar-refractivity contribution in [2.75, 3.05) is 31.6 Å². The molecule has 4 rings (SSSR count). The van der Waals surface area contributed by atoms with Gasteiger partial charge in [-0.05, 0) is 68.3 Å². The van der Waals surface area contributed by atoms with E-state index in [9.17, 15) is 4.79 Å². The predicted octanol–water partition coefficient (Wildman–Crippen LogP) is 6.34. The summed E-state index contributed by atoms with van der Waals surface area (Å²) in [5, 5.41) is 2.50. The maximum Gasteiger partial charge on any atom is 0.311 e. The highest BCUT2D eigenvalue weighted by molar-refractivity contribution is 6.09. The number of carbonyl (C=O) groups excluding carboxylic acids is 1. The maximum atomic E-state index is 12.0. The van der Waals surface area contributed by atoms with Crippen molar-refractivity contribution in [3.63, 3.8) is 0 Å². The van der Waals surface area contributed by atoms with Crippen molar-refractivity contribution >= 4 is 39.9 Å². The Morgan fingerprint density at radius 2 is 1.68 bits per heavy atom. The van der Waals surface area contributed by atoms with E-state index in [4.69, 9.17) is 4.74 Å². The first-order valence-corrected chi connectivity index (χ1v) is 12.2. The quantitative estimate of drug-likeness (QED) is 0.293. The van der Waals surface area contributed by atoms with E-state index < -0.39 is 0 Å². The van der Waals surface area contributed by atoms with Crippen LogP contribution in [0.1, 0.15) is 45.2 Å². The van der Waals surface area contributed by atoms with E-state index >= 15 is 0 Å². The number of esters is 1. The van der Waals surface area contributed by atoms with Crippen LogP contribution in [0.5, 0.6) is 0 Å². The lowest BCUT2D eigenvalue weighted by Gasteiger charge is -2.20. The van der Waals surface area contributed by atoms with Crippen LogP contribution < -0.4 is 4.90 Å². The lowest BCUT2D eigenvalue weighted by molar-refractivity contribution is -0.436. The lowest BCUT2D eigenvalue weighted by atomic mass is 9.79. The number of carbonyl (C=O) groups is 1. The molecule has 0 atom stereocenters. The second kappa shape index (κ2) is 9.84. The minimum atomic E-state index is -0.204. The molecule has 0 saturated carbocycles. The predicted molar refractivity (Wildman–Crippen MR) is 142 cm³/mol. The van der Waals surface area contributed by atoms with Crippen molar-refractivity contribution < 1.29 is 14.1 Å². The highest BCUT2D eigenvalue weighted by Crippen LogP contribution is 2.44. The van der Waals surface area contributed by atoms with Gasteiger partial charge < -0.3 is 9.64 Å². The minimum Gasteiger partial charge on any atom is -0.469 e. The molecule has 0 N–H and O–H groups in total. The molecule has 0 fully saturated rings. The number of benzene rings is 3. The Kier molecular flexibility index (Phi) is 6.87. The fourth-order valence-corrected chi connectivity index (χ4v) is 5.14. The normalized spacial score (nSPS) is 14.6. The summed E-state index contributed by atoms with van der Waals surface area (Å²) in [5.41, 5.74) is 5.87. The van der Waals surface area contributed by atoms with Gasteiger partial charge in [-0.2, -0.15) is 4.58 Å². The lowest BCUT2D eigenvalue weighted by Crippen LogP contribution is -2.28. The molecule has 176 valence electrons. The van der Waals surface area contributed by atoms with Gasteiger partial charge in [-0.25, -0.2) is 0 Å².